The van der Waals surface area contributed by atoms with Gasteiger partial charge in [0.15, 0.2) is 0 Å². The number of hydrogen-bond acceptors (Lipinski definition) is 2. The molecule has 0 heterocycles. The van der Waals surface area contributed by atoms with Gasteiger partial charge in [0.1, 0.15) is 0 Å². The van der Waals surface area contributed by atoms with E-state index in [9.17, 15) is 0 Å². The summed E-state index contributed by atoms with van der Waals surface area (Å²) in [5, 5.41) is 3.78. The summed E-state index contributed by atoms with van der Waals surface area (Å²) < 4.78 is 5.79. The monoisotopic (exact) mass is 269 g/mol. The summed E-state index contributed by atoms with van der Waals surface area (Å²) in [4.78, 5) is 0. The maximum Gasteiger partial charge on any atom is 0.0726 e. The SMILES string of the molecule is CCCNC(C1CCC(CC)CC1)C(CCC)OC. The van der Waals surface area contributed by atoms with E-state index in [4.69, 9.17) is 4.74 Å². The lowest BCUT2D eigenvalue weighted by Crippen LogP contribution is -2.47. The molecule has 2 heteroatoms. The van der Waals surface area contributed by atoms with Crippen molar-refractivity contribution < 1.29 is 4.74 Å². The van der Waals surface area contributed by atoms with Crippen molar-refractivity contribution in [3.05, 3.63) is 0 Å². The quantitative estimate of drug-likeness (QED) is 0.670. The summed E-state index contributed by atoms with van der Waals surface area (Å²) in [6.07, 6.45) is 11.0. The van der Waals surface area contributed by atoms with E-state index in [1.807, 2.05) is 7.11 Å². The number of rotatable bonds is 9. The molecule has 114 valence electrons. The van der Waals surface area contributed by atoms with Gasteiger partial charge in [-0.25, -0.2) is 0 Å². The van der Waals surface area contributed by atoms with E-state index in [1.165, 1.54) is 51.4 Å². The van der Waals surface area contributed by atoms with Crippen molar-refractivity contribution in [1.29, 1.82) is 0 Å². The van der Waals surface area contributed by atoms with Crippen LogP contribution in [0.15, 0.2) is 0 Å². The Morgan fingerprint density at radius 3 is 2.21 bits per heavy atom. The van der Waals surface area contributed by atoms with Crippen LogP contribution in [-0.2, 0) is 4.74 Å². The number of methoxy groups -OCH3 is 1. The van der Waals surface area contributed by atoms with Gasteiger partial charge in [0.25, 0.3) is 0 Å². The van der Waals surface area contributed by atoms with Gasteiger partial charge < -0.3 is 10.1 Å². The van der Waals surface area contributed by atoms with Crippen molar-refractivity contribution >= 4 is 0 Å². The highest BCUT2D eigenvalue weighted by atomic mass is 16.5. The van der Waals surface area contributed by atoms with Crippen molar-refractivity contribution in [3.8, 4) is 0 Å². The summed E-state index contributed by atoms with van der Waals surface area (Å²) in [7, 11) is 1.89. The van der Waals surface area contributed by atoms with E-state index in [0.717, 1.165) is 18.4 Å². The van der Waals surface area contributed by atoms with Crippen molar-refractivity contribution in [2.45, 2.75) is 84.3 Å². The molecule has 1 rings (SSSR count). The largest absolute Gasteiger partial charge is 0.380 e. The summed E-state index contributed by atoms with van der Waals surface area (Å²) >= 11 is 0. The second-order valence-corrected chi connectivity index (χ2v) is 6.23. The lowest BCUT2D eigenvalue weighted by atomic mass is 9.76. The number of nitrogens with one attached hydrogen (secondary N) is 1. The van der Waals surface area contributed by atoms with Gasteiger partial charge in [-0.3, -0.25) is 0 Å². The van der Waals surface area contributed by atoms with Crippen molar-refractivity contribution in [3.63, 3.8) is 0 Å². The lowest BCUT2D eigenvalue weighted by molar-refractivity contribution is 0.0294. The molecule has 0 radical (unpaired) electrons. The zero-order chi connectivity index (χ0) is 14.1. The Balaban J connectivity index is 2.57. The highest BCUT2D eigenvalue weighted by Gasteiger charge is 2.31. The van der Waals surface area contributed by atoms with Crippen LogP contribution in [0, 0.1) is 11.8 Å². The van der Waals surface area contributed by atoms with Gasteiger partial charge in [0.05, 0.1) is 6.10 Å². The molecule has 1 N–H and O–H groups in total. The first-order valence-electron chi connectivity index (χ1n) is 8.52. The molecule has 1 aliphatic rings. The molecule has 2 atom stereocenters. The zero-order valence-corrected chi connectivity index (χ0v) is 13.6. The second-order valence-electron chi connectivity index (χ2n) is 6.23. The van der Waals surface area contributed by atoms with Crippen LogP contribution in [0.25, 0.3) is 0 Å². The molecule has 19 heavy (non-hydrogen) atoms. The van der Waals surface area contributed by atoms with E-state index >= 15 is 0 Å². The smallest absolute Gasteiger partial charge is 0.0726 e. The molecule has 0 spiro atoms. The Hall–Kier alpha value is -0.0800. The van der Waals surface area contributed by atoms with Crippen molar-refractivity contribution in [2.24, 2.45) is 11.8 Å². The molecule has 2 unspecified atom stereocenters. The van der Waals surface area contributed by atoms with E-state index < -0.39 is 0 Å². The maximum atomic E-state index is 5.79. The fraction of sp³-hybridized carbons (Fsp3) is 1.00. The molecule has 0 aliphatic heterocycles. The Morgan fingerprint density at radius 2 is 1.74 bits per heavy atom. The molecule has 0 aromatic rings. The molecular weight excluding hydrogens is 234 g/mol. The van der Waals surface area contributed by atoms with Crippen molar-refractivity contribution in [1.82, 2.24) is 5.32 Å². The predicted octanol–water partition coefficient (Wildman–Crippen LogP) is 4.39. The van der Waals surface area contributed by atoms with Crippen LogP contribution in [-0.4, -0.2) is 25.8 Å². The van der Waals surface area contributed by atoms with Crippen LogP contribution >= 0.6 is 0 Å². The van der Waals surface area contributed by atoms with Gasteiger partial charge in [-0.1, -0.05) is 46.5 Å². The third kappa shape index (κ3) is 5.43. The topological polar surface area (TPSA) is 21.3 Å². The minimum absolute atomic E-state index is 0.403. The van der Waals surface area contributed by atoms with Crippen LogP contribution in [0.3, 0.4) is 0 Å². The lowest BCUT2D eigenvalue weighted by Gasteiger charge is -2.38. The molecule has 1 fully saturated rings. The average molecular weight is 269 g/mol. The summed E-state index contributed by atoms with van der Waals surface area (Å²) in [6, 6.07) is 0.572. The molecule has 0 amide bonds. The zero-order valence-electron chi connectivity index (χ0n) is 13.6. The molecule has 1 saturated carbocycles. The first-order chi connectivity index (χ1) is 9.26. The van der Waals surface area contributed by atoms with Gasteiger partial charge in [0.2, 0.25) is 0 Å². The summed E-state index contributed by atoms with van der Waals surface area (Å²) in [5.41, 5.74) is 0. The average Bonchev–Trinajstić information content (AvgIpc) is 2.47. The first kappa shape index (κ1) is 17.0. The Bertz CT molecular complexity index is 211. The highest BCUT2D eigenvalue weighted by molar-refractivity contribution is 4.87. The minimum Gasteiger partial charge on any atom is -0.380 e. The van der Waals surface area contributed by atoms with Crippen LogP contribution in [0.1, 0.15) is 72.1 Å². The second kappa shape index (κ2) is 9.77. The molecule has 0 aromatic carbocycles. The van der Waals surface area contributed by atoms with Crippen LogP contribution in [0.5, 0.6) is 0 Å². The van der Waals surface area contributed by atoms with E-state index in [0.29, 0.717) is 12.1 Å². The van der Waals surface area contributed by atoms with Crippen LogP contribution < -0.4 is 5.32 Å². The number of ether oxygens (including phenoxy) is 1. The highest BCUT2D eigenvalue weighted by Crippen LogP contribution is 2.34. The van der Waals surface area contributed by atoms with E-state index in [-0.39, 0.29) is 0 Å². The van der Waals surface area contributed by atoms with Crippen LogP contribution in [0.2, 0.25) is 0 Å². The van der Waals surface area contributed by atoms with Gasteiger partial charge in [-0.05, 0) is 44.1 Å². The van der Waals surface area contributed by atoms with Crippen molar-refractivity contribution in [2.75, 3.05) is 13.7 Å². The van der Waals surface area contributed by atoms with Gasteiger partial charge in [-0.15, -0.1) is 0 Å². The van der Waals surface area contributed by atoms with E-state index in [2.05, 4.69) is 26.1 Å². The molecule has 0 bridgehead atoms. The molecule has 0 aromatic heterocycles. The van der Waals surface area contributed by atoms with Crippen LogP contribution in [0.4, 0.5) is 0 Å². The Kier molecular flexibility index (Phi) is 8.72. The maximum absolute atomic E-state index is 5.79. The molecule has 1 aliphatic carbocycles. The Labute approximate surface area is 120 Å². The third-order valence-corrected chi connectivity index (χ3v) is 4.88. The van der Waals surface area contributed by atoms with Gasteiger partial charge >= 0.3 is 0 Å². The predicted molar refractivity (Wildman–Crippen MR) is 83.5 cm³/mol. The molecular formula is C17H35NO. The molecule has 2 nitrogen and oxygen atoms in total. The summed E-state index contributed by atoms with van der Waals surface area (Å²) in [5.74, 6) is 1.81. The fourth-order valence-corrected chi connectivity index (χ4v) is 3.60. The Morgan fingerprint density at radius 1 is 1.05 bits per heavy atom. The molecule has 0 saturated heterocycles. The normalized spacial score (nSPS) is 27.2. The van der Waals surface area contributed by atoms with Gasteiger partial charge in [-0.2, -0.15) is 0 Å². The van der Waals surface area contributed by atoms with Gasteiger partial charge in [0, 0.05) is 13.2 Å². The minimum atomic E-state index is 0.403. The number of hydrogen-bond donors (Lipinski definition) is 1. The standard InChI is InChI=1S/C17H35NO/c1-5-8-16(19-4)17(18-13-6-2)15-11-9-14(7-3)10-12-15/h14-18H,5-13H2,1-4H3. The first-order valence-corrected chi connectivity index (χ1v) is 8.52. The third-order valence-electron chi connectivity index (χ3n) is 4.88. The van der Waals surface area contributed by atoms with E-state index in [1.54, 1.807) is 0 Å². The fourth-order valence-electron chi connectivity index (χ4n) is 3.60. The summed E-state index contributed by atoms with van der Waals surface area (Å²) in [6.45, 7) is 7.98.